The summed E-state index contributed by atoms with van der Waals surface area (Å²) < 4.78 is 11.1. The zero-order valence-corrected chi connectivity index (χ0v) is 18.4. The van der Waals surface area contributed by atoms with E-state index in [1.807, 2.05) is 17.0 Å². The molecule has 2 aliphatic rings. The van der Waals surface area contributed by atoms with Crippen molar-refractivity contribution in [3.63, 3.8) is 0 Å². The van der Waals surface area contributed by atoms with Crippen LogP contribution in [0.4, 0.5) is 0 Å². The van der Waals surface area contributed by atoms with Crippen molar-refractivity contribution in [2.75, 3.05) is 33.9 Å². The molecule has 29 heavy (non-hydrogen) atoms. The van der Waals surface area contributed by atoms with Crippen LogP contribution in [0, 0.1) is 0 Å². The summed E-state index contributed by atoms with van der Waals surface area (Å²) in [6.45, 7) is 2.18. The average Bonchev–Trinajstić information content (AvgIpc) is 3.01. The maximum absolute atomic E-state index is 12.8. The predicted molar refractivity (Wildman–Crippen MR) is 119 cm³/mol. The molecule has 2 aliphatic heterocycles. The molecule has 0 saturated carbocycles. The Morgan fingerprint density at radius 1 is 1.17 bits per heavy atom. The number of hydrogen-bond acceptors (Lipinski definition) is 6. The van der Waals surface area contributed by atoms with E-state index in [2.05, 4.69) is 0 Å². The molecule has 8 heteroatoms. The van der Waals surface area contributed by atoms with Crippen molar-refractivity contribution in [1.82, 2.24) is 9.80 Å². The topological polar surface area (TPSA) is 59.1 Å². The number of carbonyl (C=O) groups is 2. The molecule has 0 aliphatic carbocycles. The predicted octanol–water partition coefficient (Wildman–Crippen LogP) is 3.70. The lowest BCUT2D eigenvalue weighted by Crippen LogP contribution is -2.36. The number of hydrogen-bond donors (Lipinski definition) is 0. The number of thioether (sulfide) groups is 1. The molecule has 2 heterocycles. The Hall–Kier alpha value is -2.06. The molecule has 2 fully saturated rings. The molecule has 0 N–H and O–H groups in total. The normalized spacial score (nSPS) is 18.5. The van der Waals surface area contributed by atoms with Gasteiger partial charge in [0, 0.05) is 26.1 Å². The molecule has 2 saturated heterocycles. The first-order valence-electron chi connectivity index (χ1n) is 9.78. The fraction of sp³-hybridized carbons (Fsp3) is 0.476. The third-order valence-corrected chi connectivity index (χ3v) is 6.44. The van der Waals surface area contributed by atoms with Gasteiger partial charge >= 0.3 is 0 Å². The third kappa shape index (κ3) is 5.30. The highest BCUT2D eigenvalue weighted by molar-refractivity contribution is 8.26. The van der Waals surface area contributed by atoms with Crippen LogP contribution in [0.25, 0.3) is 6.08 Å². The first-order valence-corrected chi connectivity index (χ1v) is 11.0. The summed E-state index contributed by atoms with van der Waals surface area (Å²) in [6, 6.07) is 5.49. The van der Waals surface area contributed by atoms with Crippen molar-refractivity contribution in [2.45, 2.75) is 32.1 Å². The summed E-state index contributed by atoms with van der Waals surface area (Å²) >= 11 is 6.68. The smallest absolute Gasteiger partial charge is 0.266 e. The van der Waals surface area contributed by atoms with E-state index >= 15 is 0 Å². The maximum Gasteiger partial charge on any atom is 0.266 e. The fourth-order valence-corrected chi connectivity index (χ4v) is 4.79. The van der Waals surface area contributed by atoms with Gasteiger partial charge in [-0.3, -0.25) is 14.5 Å². The number of piperidine rings is 1. The zero-order valence-electron chi connectivity index (χ0n) is 16.8. The lowest BCUT2D eigenvalue weighted by molar-refractivity contribution is -0.132. The number of methoxy groups -OCH3 is 2. The second-order valence-corrected chi connectivity index (χ2v) is 8.67. The van der Waals surface area contributed by atoms with E-state index in [1.165, 1.54) is 18.2 Å². The number of ether oxygens (including phenoxy) is 2. The van der Waals surface area contributed by atoms with Crippen molar-refractivity contribution < 1.29 is 19.1 Å². The molecule has 3 rings (SSSR count). The Kier molecular flexibility index (Phi) is 7.55. The van der Waals surface area contributed by atoms with Crippen LogP contribution in [-0.4, -0.2) is 59.8 Å². The van der Waals surface area contributed by atoms with Crippen LogP contribution in [0.5, 0.6) is 11.5 Å². The van der Waals surface area contributed by atoms with Gasteiger partial charge in [-0.05, 0) is 49.5 Å². The van der Waals surface area contributed by atoms with Gasteiger partial charge in [0.1, 0.15) is 4.32 Å². The number of rotatable bonds is 7. The van der Waals surface area contributed by atoms with Crippen molar-refractivity contribution >= 4 is 46.2 Å². The third-order valence-electron chi connectivity index (χ3n) is 5.06. The Bertz CT molecular complexity index is 819. The lowest BCUT2D eigenvalue weighted by Gasteiger charge is -2.27. The molecule has 6 nitrogen and oxygen atoms in total. The van der Waals surface area contributed by atoms with Crippen molar-refractivity contribution in [3.8, 4) is 11.5 Å². The van der Waals surface area contributed by atoms with Crippen LogP contribution in [0.15, 0.2) is 23.1 Å². The van der Waals surface area contributed by atoms with Gasteiger partial charge < -0.3 is 14.4 Å². The molecule has 156 valence electrons. The Morgan fingerprint density at radius 2 is 1.90 bits per heavy atom. The van der Waals surface area contributed by atoms with Crippen LogP contribution in [0.3, 0.4) is 0 Å². The molecule has 0 radical (unpaired) electrons. The van der Waals surface area contributed by atoms with E-state index in [0.717, 1.165) is 31.5 Å². The van der Waals surface area contributed by atoms with Crippen molar-refractivity contribution in [1.29, 1.82) is 0 Å². The molecule has 1 aromatic rings. The van der Waals surface area contributed by atoms with Gasteiger partial charge in [0.2, 0.25) is 5.91 Å². The van der Waals surface area contributed by atoms with E-state index in [4.69, 9.17) is 21.7 Å². The lowest BCUT2D eigenvalue weighted by atomic mass is 10.1. The summed E-state index contributed by atoms with van der Waals surface area (Å²) in [6.07, 6.45) is 6.24. The Morgan fingerprint density at radius 3 is 2.59 bits per heavy atom. The monoisotopic (exact) mass is 434 g/mol. The minimum absolute atomic E-state index is 0.111. The van der Waals surface area contributed by atoms with Crippen LogP contribution >= 0.6 is 24.0 Å². The number of likely N-dealkylation sites (tertiary alicyclic amines) is 1. The van der Waals surface area contributed by atoms with Gasteiger partial charge in [0.25, 0.3) is 5.91 Å². The first kappa shape index (κ1) is 21.6. The molecular weight excluding hydrogens is 408 g/mol. The second-order valence-electron chi connectivity index (χ2n) is 6.99. The summed E-state index contributed by atoms with van der Waals surface area (Å²) in [5.41, 5.74) is 0.837. The van der Waals surface area contributed by atoms with E-state index in [-0.39, 0.29) is 11.8 Å². The molecule has 0 bridgehead atoms. The minimum Gasteiger partial charge on any atom is -0.493 e. The summed E-state index contributed by atoms with van der Waals surface area (Å²) in [7, 11) is 3.16. The average molecular weight is 435 g/mol. The van der Waals surface area contributed by atoms with Crippen LogP contribution in [-0.2, 0) is 9.59 Å². The quantitative estimate of drug-likeness (QED) is 0.482. The number of benzene rings is 1. The van der Waals surface area contributed by atoms with E-state index in [9.17, 15) is 9.59 Å². The number of amides is 2. The van der Waals surface area contributed by atoms with Gasteiger partial charge in [-0.1, -0.05) is 30.0 Å². The van der Waals surface area contributed by atoms with Crippen LogP contribution in [0.1, 0.15) is 37.7 Å². The molecule has 2 amide bonds. The van der Waals surface area contributed by atoms with E-state index < -0.39 is 0 Å². The van der Waals surface area contributed by atoms with Crippen LogP contribution in [0.2, 0.25) is 0 Å². The van der Waals surface area contributed by atoms with Crippen molar-refractivity contribution in [3.05, 3.63) is 28.7 Å². The fourth-order valence-electron chi connectivity index (χ4n) is 3.48. The molecule has 0 atom stereocenters. The maximum atomic E-state index is 12.8. The highest BCUT2D eigenvalue weighted by atomic mass is 32.2. The number of carbonyl (C=O) groups excluding carboxylic acids is 2. The van der Waals surface area contributed by atoms with E-state index in [0.29, 0.717) is 40.1 Å². The molecule has 0 unspecified atom stereocenters. The van der Waals surface area contributed by atoms with Gasteiger partial charge in [-0.15, -0.1) is 0 Å². The second kappa shape index (κ2) is 10.1. The largest absolute Gasteiger partial charge is 0.493 e. The first-order chi connectivity index (χ1) is 14.0. The van der Waals surface area contributed by atoms with Crippen LogP contribution < -0.4 is 9.47 Å². The SMILES string of the molecule is COc1ccc(C=C2SC(=S)N(CCCC(=O)N3CCCCC3)C2=O)cc1OC. The Balaban J connectivity index is 1.59. The zero-order chi connectivity index (χ0) is 20.8. The highest BCUT2D eigenvalue weighted by Crippen LogP contribution is 2.34. The summed E-state index contributed by atoms with van der Waals surface area (Å²) in [4.78, 5) is 29.2. The highest BCUT2D eigenvalue weighted by Gasteiger charge is 2.31. The van der Waals surface area contributed by atoms with Gasteiger partial charge in [0.15, 0.2) is 11.5 Å². The molecule has 0 spiro atoms. The minimum atomic E-state index is -0.111. The van der Waals surface area contributed by atoms with Gasteiger partial charge in [-0.2, -0.15) is 0 Å². The number of nitrogens with zero attached hydrogens (tertiary/aromatic N) is 2. The molecule has 0 aromatic heterocycles. The Labute approximate surface area is 181 Å². The summed E-state index contributed by atoms with van der Waals surface area (Å²) in [5.74, 6) is 1.31. The number of thiocarbonyl (C=S) groups is 1. The van der Waals surface area contributed by atoms with E-state index in [1.54, 1.807) is 31.3 Å². The van der Waals surface area contributed by atoms with Gasteiger partial charge in [0.05, 0.1) is 19.1 Å². The van der Waals surface area contributed by atoms with Gasteiger partial charge in [-0.25, -0.2) is 0 Å². The molecule has 1 aromatic carbocycles. The summed E-state index contributed by atoms with van der Waals surface area (Å²) in [5, 5.41) is 0. The molecular formula is C21H26N2O4S2. The standard InChI is InChI=1S/C21H26N2O4S2/c1-26-16-9-8-15(13-17(16)27-2)14-18-20(25)23(21(28)29-18)12-6-7-19(24)22-10-4-3-5-11-22/h8-9,13-14H,3-7,10-12H2,1-2H3. The van der Waals surface area contributed by atoms with Crippen molar-refractivity contribution in [2.24, 2.45) is 0 Å².